The van der Waals surface area contributed by atoms with E-state index in [4.69, 9.17) is 16.3 Å². The zero-order valence-corrected chi connectivity index (χ0v) is 19.4. The molecule has 4 aromatic carbocycles. The molecule has 0 saturated heterocycles. The lowest BCUT2D eigenvalue weighted by atomic mass is 10.0. The molecule has 1 aromatic heterocycles. The first kappa shape index (κ1) is 23.3. The molecule has 1 amide bonds. The molecule has 1 N–H and O–H groups in total. The van der Waals surface area contributed by atoms with Gasteiger partial charge in [0.2, 0.25) is 0 Å². The lowest BCUT2D eigenvalue weighted by molar-refractivity contribution is 0.251. The van der Waals surface area contributed by atoms with Crippen molar-refractivity contribution < 1.29 is 18.3 Å². The first-order chi connectivity index (χ1) is 17.4. The summed E-state index contributed by atoms with van der Waals surface area (Å²) in [5.41, 5.74) is 2.60. The van der Waals surface area contributed by atoms with E-state index in [9.17, 15) is 13.6 Å². The molecular formula is C28H18ClF2N3O2. The summed E-state index contributed by atoms with van der Waals surface area (Å²) in [6.45, 7) is 0. The molecule has 0 saturated carbocycles. The van der Waals surface area contributed by atoms with E-state index < -0.39 is 11.8 Å². The predicted octanol–water partition coefficient (Wildman–Crippen LogP) is 8.02. The van der Waals surface area contributed by atoms with Crippen LogP contribution in [0.2, 0.25) is 5.02 Å². The molecule has 0 bridgehead atoms. The number of benzene rings is 4. The quantitative estimate of drug-likeness (QED) is 0.265. The normalized spacial score (nSPS) is 10.8. The van der Waals surface area contributed by atoms with Crippen molar-refractivity contribution in [2.75, 3.05) is 5.32 Å². The first-order valence-corrected chi connectivity index (χ1v) is 11.3. The summed E-state index contributed by atoms with van der Waals surface area (Å²) in [6, 6.07) is 25.0. The number of hydrogen-bond donors (Lipinski definition) is 1. The van der Waals surface area contributed by atoms with Gasteiger partial charge in [-0.2, -0.15) is 9.78 Å². The summed E-state index contributed by atoms with van der Waals surface area (Å²) in [7, 11) is 0. The van der Waals surface area contributed by atoms with Gasteiger partial charge < -0.3 is 10.1 Å². The molecule has 0 radical (unpaired) electrons. The van der Waals surface area contributed by atoms with Crippen LogP contribution in [-0.2, 0) is 0 Å². The molecular weight excluding hydrogens is 484 g/mol. The second kappa shape index (κ2) is 10.0. The van der Waals surface area contributed by atoms with Gasteiger partial charge in [0.25, 0.3) is 0 Å². The van der Waals surface area contributed by atoms with Gasteiger partial charge in [0.1, 0.15) is 28.8 Å². The zero-order valence-electron chi connectivity index (χ0n) is 18.7. The fraction of sp³-hybridized carbons (Fsp3) is 0. The standard InChI is InChI=1S/C28H18ClF2N3O2/c29-20-6-12-24(13-7-20)36-25-14-10-23(11-15-25)32-28(35)34-17-26(18-4-8-21(30)9-5-18)27(33-34)19-2-1-3-22(31)16-19/h1-17H,(H,32,35). The van der Waals surface area contributed by atoms with Crippen LogP contribution in [0.4, 0.5) is 19.3 Å². The number of carbonyl (C=O) groups is 1. The SMILES string of the molecule is O=C(Nc1ccc(Oc2ccc(Cl)cc2)cc1)n1cc(-c2ccc(F)cc2)c(-c2cccc(F)c2)n1. The van der Waals surface area contributed by atoms with E-state index in [0.29, 0.717) is 44.6 Å². The molecule has 1 heterocycles. The van der Waals surface area contributed by atoms with Crippen molar-refractivity contribution in [3.63, 3.8) is 0 Å². The number of nitrogens with zero attached hydrogens (tertiary/aromatic N) is 2. The fourth-order valence-electron chi connectivity index (χ4n) is 3.59. The van der Waals surface area contributed by atoms with Gasteiger partial charge in [0.05, 0.1) is 0 Å². The molecule has 0 aliphatic carbocycles. The third-order valence-electron chi connectivity index (χ3n) is 5.33. The molecule has 178 valence electrons. The van der Waals surface area contributed by atoms with Gasteiger partial charge in [0.15, 0.2) is 0 Å². The second-order valence-electron chi connectivity index (χ2n) is 7.86. The summed E-state index contributed by atoms with van der Waals surface area (Å²) < 4.78 is 34.3. The smallest absolute Gasteiger partial charge is 0.346 e. The summed E-state index contributed by atoms with van der Waals surface area (Å²) in [6.07, 6.45) is 1.53. The molecule has 5 aromatic rings. The van der Waals surface area contributed by atoms with E-state index in [-0.39, 0.29) is 5.82 Å². The van der Waals surface area contributed by atoms with Gasteiger partial charge in [-0.25, -0.2) is 13.6 Å². The number of amides is 1. The zero-order chi connectivity index (χ0) is 25.1. The molecule has 0 aliphatic rings. The van der Waals surface area contributed by atoms with Crippen LogP contribution in [-0.4, -0.2) is 15.8 Å². The molecule has 5 nitrogen and oxygen atoms in total. The van der Waals surface area contributed by atoms with Gasteiger partial charge in [-0.1, -0.05) is 35.9 Å². The summed E-state index contributed by atoms with van der Waals surface area (Å²) in [4.78, 5) is 13.0. The number of rotatable bonds is 5. The van der Waals surface area contributed by atoms with Crippen LogP contribution in [0.3, 0.4) is 0 Å². The Morgan fingerprint density at radius 1 is 0.806 bits per heavy atom. The fourth-order valence-corrected chi connectivity index (χ4v) is 3.72. The highest BCUT2D eigenvalue weighted by atomic mass is 35.5. The van der Waals surface area contributed by atoms with Crippen molar-refractivity contribution in [3.8, 4) is 33.9 Å². The molecule has 0 unspecified atom stereocenters. The van der Waals surface area contributed by atoms with Crippen molar-refractivity contribution in [1.82, 2.24) is 9.78 Å². The van der Waals surface area contributed by atoms with Crippen LogP contribution in [0.25, 0.3) is 22.4 Å². The minimum absolute atomic E-state index is 0.389. The highest BCUT2D eigenvalue weighted by molar-refractivity contribution is 6.30. The number of ether oxygens (including phenoxy) is 1. The Bertz CT molecular complexity index is 1520. The van der Waals surface area contributed by atoms with Gasteiger partial charge in [-0.05, 0) is 78.4 Å². The topological polar surface area (TPSA) is 56.1 Å². The Hall–Kier alpha value is -4.49. The number of anilines is 1. The maximum Gasteiger partial charge on any atom is 0.346 e. The first-order valence-electron chi connectivity index (χ1n) is 10.9. The van der Waals surface area contributed by atoms with Crippen LogP contribution in [0.15, 0.2) is 103 Å². The highest BCUT2D eigenvalue weighted by Gasteiger charge is 2.17. The number of carbonyl (C=O) groups excluding carboxylic acids is 1. The van der Waals surface area contributed by atoms with Gasteiger partial charge in [-0.3, -0.25) is 0 Å². The third-order valence-corrected chi connectivity index (χ3v) is 5.58. The molecule has 0 aliphatic heterocycles. The lowest BCUT2D eigenvalue weighted by Gasteiger charge is -2.08. The van der Waals surface area contributed by atoms with Crippen LogP contribution < -0.4 is 10.1 Å². The maximum absolute atomic E-state index is 13.9. The monoisotopic (exact) mass is 501 g/mol. The maximum atomic E-state index is 13.9. The predicted molar refractivity (Wildman–Crippen MR) is 135 cm³/mol. The molecule has 8 heteroatoms. The number of halogens is 3. The third kappa shape index (κ3) is 5.26. The average molecular weight is 502 g/mol. The molecule has 0 atom stereocenters. The second-order valence-corrected chi connectivity index (χ2v) is 8.30. The Labute approximate surface area is 210 Å². The van der Waals surface area contributed by atoms with Crippen molar-refractivity contribution in [2.45, 2.75) is 0 Å². The Morgan fingerprint density at radius 2 is 1.47 bits per heavy atom. The number of nitrogens with one attached hydrogen (secondary N) is 1. The summed E-state index contributed by atoms with van der Waals surface area (Å²) in [5.74, 6) is 0.393. The van der Waals surface area contributed by atoms with E-state index in [2.05, 4.69) is 10.4 Å². The van der Waals surface area contributed by atoms with E-state index in [1.54, 1.807) is 72.8 Å². The Balaban J connectivity index is 1.39. The van der Waals surface area contributed by atoms with Crippen molar-refractivity contribution in [1.29, 1.82) is 0 Å². The minimum Gasteiger partial charge on any atom is -0.457 e. The van der Waals surface area contributed by atoms with Crippen molar-refractivity contribution >= 4 is 23.3 Å². The number of aromatic nitrogens is 2. The lowest BCUT2D eigenvalue weighted by Crippen LogP contribution is -2.19. The molecule has 0 fully saturated rings. The van der Waals surface area contributed by atoms with Crippen molar-refractivity contribution in [3.05, 3.63) is 120 Å². The minimum atomic E-state index is -0.521. The summed E-state index contributed by atoms with van der Waals surface area (Å²) >= 11 is 5.89. The van der Waals surface area contributed by atoms with E-state index in [0.717, 1.165) is 4.68 Å². The molecule has 0 spiro atoms. The number of hydrogen-bond acceptors (Lipinski definition) is 3. The highest BCUT2D eigenvalue weighted by Crippen LogP contribution is 2.32. The van der Waals surface area contributed by atoms with Gasteiger partial charge >= 0.3 is 6.03 Å². The van der Waals surface area contributed by atoms with Crippen LogP contribution in [0, 0.1) is 11.6 Å². The van der Waals surface area contributed by atoms with Crippen LogP contribution in [0.5, 0.6) is 11.5 Å². The van der Waals surface area contributed by atoms with Crippen LogP contribution >= 0.6 is 11.6 Å². The largest absolute Gasteiger partial charge is 0.457 e. The van der Waals surface area contributed by atoms with Gasteiger partial charge in [-0.15, -0.1) is 0 Å². The Kier molecular flexibility index (Phi) is 6.47. The average Bonchev–Trinajstić information content (AvgIpc) is 3.33. The van der Waals surface area contributed by atoms with E-state index in [1.165, 1.54) is 30.5 Å². The molecule has 36 heavy (non-hydrogen) atoms. The van der Waals surface area contributed by atoms with Gasteiger partial charge in [0, 0.05) is 28.0 Å². The summed E-state index contributed by atoms with van der Waals surface area (Å²) in [5, 5.41) is 7.79. The van der Waals surface area contributed by atoms with Crippen LogP contribution in [0.1, 0.15) is 0 Å². The van der Waals surface area contributed by atoms with E-state index >= 15 is 0 Å². The van der Waals surface area contributed by atoms with E-state index in [1.807, 2.05) is 0 Å². The molecule has 5 rings (SSSR count). The Morgan fingerprint density at radius 3 is 2.14 bits per heavy atom. The van der Waals surface area contributed by atoms with Crippen molar-refractivity contribution in [2.24, 2.45) is 0 Å².